The summed E-state index contributed by atoms with van der Waals surface area (Å²) in [5, 5.41) is 8.49. The van der Waals surface area contributed by atoms with Crippen LogP contribution in [0.4, 0.5) is 0 Å². The van der Waals surface area contributed by atoms with Crippen molar-refractivity contribution in [3.8, 4) is 0 Å². The van der Waals surface area contributed by atoms with Gasteiger partial charge in [-0.15, -0.1) is 0 Å². The molecule has 0 amide bonds. The molecule has 0 bridgehead atoms. The number of rotatable bonds is 14. The molecule has 1 N–H and O–H groups in total. The van der Waals surface area contributed by atoms with E-state index < -0.39 is 5.97 Å². The number of aliphatic carboxylic acids is 1. The minimum Gasteiger partial charge on any atom is -0.481 e. The molecule has 0 aromatic carbocycles. The third-order valence-electron chi connectivity index (χ3n) is 3.31. The Bertz CT molecular complexity index is 267. The van der Waals surface area contributed by atoms with Gasteiger partial charge in [0.15, 0.2) is 0 Å². The van der Waals surface area contributed by atoms with Gasteiger partial charge in [-0.1, -0.05) is 50.5 Å². The smallest absolute Gasteiger partial charge is 0.303 e. The van der Waals surface area contributed by atoms with Crippen LogP contribution in [-0.2, 0) is 4.79 Å². The summed E-state index contributed by atoms with van der Waals surface area (Å²) < 4.78 is 0. The maximum absolute atomic E-state index is 10.3. The highest BCUT2D eigenvalue weighted by Gasteiger charge is 1.94. The predicted molar refractivity (Wildman–Crippen MR) is 87.0 cm³/mol. The van der Waals surface area contributed by atoms with Crippen LogP contribution in [0.2, 0.25) is 0 Å². The molecular formula is C18H32O2. The topological polar surface area (TPSA) is 37.3 Å². The first-order valence-electron chi connectivity index (χ1n) is 8.29. The summed E-state index contributed by atoms with van der Waals surface area (Å²) in [6.07, 6.45) is 22.3. The van der Waals surface area contributed by atoms with Gasteiger partial charge in [-0.25, -0.2) is 0 Å². The fourth-order valence-electron chi connectivity index (χ4n) is 2.05. The molecule has 0 aliphatic heterocycles. The molecule has 0 saturated heterocycles. The molecule has 2 heteroatoms. The van der Waals surface area contributed by atoms with Crippen LogP contribution >= 0.6 is 0 Å². The molecule has 116 valence electrons. The molecule has 2 nitrogen and oxygen atoms in total. The maximum atomic E-state index is 10.3. The predicted octanol–water partition coefficient (Wildman–Crippen LogP) is 5.88. The minimum atomic E-state index is -0.685. The Hall–Kier alpha value is -1.05. The van der Waals surface area contributed by atoms with Gasteiger partial charge >= 0.3 is 5.97 Å². The first-order chi connectivity index (χ1) is 9.77. The Morgan fingerprint density at radius 3 is 1.75 bits per heavy atom. The van der Waals surface area contributed by atoms with Crippen LogP contribution in [0.3, 0.4) is 0 Å². The zero-order chi connectivity index (χ0) is 14.9. The maximum Gasteiger partial charge on any atom is 0.303 e. The second-order valence-corrected chi connectivity index (χ2v) is 5.36. The molecule has 0 radical (unpaired) electrons. The lowest BCUT2D eigenvalue weighted by Gasteiger charge is -1.95. The normalized spacial score (nSPS) is 11.7. The Kier molecular flexibility index (Phi) is 15.2. The number of hydrogen-bond donors (Lipinski definition) is 1. The van der Waals surface area contributed by atoms with E-state index >= 15 is 0 Å². The molecule has 0 fully saturated rings. The van der Waals surface area contributed by atoms with Crippen LogP contribution in [0, 0.1) is 0 Å². The molecule has 0 rings (SSSR count). The van der Waals surface area contributed by atoms with E-state index in [0.29, 0.717) is 6.42 Å². The van der Waals surface area contributed by atoms with E-state index in [1.165, 1.54) is 44.9 Å². The summed E-state index contributed by atoms with van der Waals surface area (Å²) in [6, 6.07) is 0. The molecule has 0 aliphatic rings. The fourth-order valence-corrected chi connectivity index (χ4v) is 2.05. The lowest BCUT2D eigenvalue weighted by molar-refractivity contribution is -0.137. The van der Waals surface area contributed by atoms with Crippen molar-refractivity contribution in [1.82, 2.24) is 0 Å². The van der Waals surface area contributed by atoms with Gasteiger partial charge in [0.05, 0.1) is 0 Å². The third kappa shape index (κ3) is 16.9. The summed E-state index contributed by atoms with van der Waals surface area (Å²) in [6.45, 7) is 2.25. The molecule has 0 atom stereocenters. The van der Waals surface area contributed by atoms with E-state index in [4.69, 9.17) is 5.11 Å². The number of unbranched alkanes of at least 4 members (excludes halogenated alkanes) is 8. The van der Waals surface area contributed by atoms with Crippen LogP contribution in [0.25, 0.3) is 0 Å². The second-order valence-electron chi connectivity index (χ2n) is 5.36. The highest BCUT2D eigenvalue weighted by Crippen LogP contribution is 2.05. The zero-order valence-corrected chi connectivity index (χ0v) is 13.2. The van der Waals surface area contributed by atoms with E-state index in [2.05, 4.69) is 31.2 Å². The van der Waals surface area contributed by atoms with Crippen LogP contribution < -0.4 is 0 Å². The van der Waals surface area contributed by atoms with Crippen molar-refractivity contribution in [3.63, 3.8) is 0 Å². The summed E-state index contributed by atoms with van der Waals surface area (Å²) in [5.74, 6) is -0.685. The molecule has 0 aromatic heterocycles. The Morgan fingerprint density at radius 1 is 0.750 bits per heavy atom. The van der Waals surface area contributed by atoms with Crippen molar-refractivity contribution in [2.75, 3.05) is 0 Å². The minimum absolute atomic E-state index is 0.302. The molecule has 0 aromatic rings. The molecular weight excluding hydrogens is 248 g/mol. The van der Waals surface area contributed by atoms with E-state index in [0.717, 1.165) is 25.7 Å². The summed E-state index contributed by atoms with van der Waals surface area (Å²) in [4.78, 5) is 10.3. The van der Waals surface area contributed by atoms with Gasteiger partial charge < -0.3 is 5.11 Å². The van der Waals surface area contributed by atoms with E-state index in [9.17, 15) is 4.79 Å². The van der Waals surface area contributed by atoms with Crippen molar-refractivity contribution < 1.29 is 9.90 Å². The molecule has 0 saturated carbocycles. The van der Waals surface area contributed by atoms with Crippen LogP contribution in [0.5, 0.6) is 0 Å². The number of carboxylic acid groups (broad SMARTS) is 1. The third-order valence-corrected chi connectivity index (χ3v) is 3.31. The monoisotopic (exact) mass is 280 g/mol. The first kappa shape index (κ1) is 18.9. The van der Waals surface area contributed by atoms with Gasteiger partial charge in [0.25, 0.3) is 0 Å². The number of hydrogen-bond acceptors (Lipinski definition) is 1. The molecule has 0 aliphatic carbocycles. The van der Waals surface area contributed by atoms with E-state index in [-0.39, 0.29) is 0 Å². The highest BCUT2D eigenvalue weighted by molar-refractivity contribution is 5.66. The Balaban J connectivity index is 3.18. The number of carbonyl (C=O) groups is 1. The average Bonchev–Trinajstić information content (AvgIpc) is 2.43. The Morgan fingerprint density at radius 2 is 1.25 bits per heavy atom. The lowest BCUT2D eigenvalue weighted by Crippen LogP contribution is -1.92. The largest absolute Gasteiger partial charge is 0.481 e. The summed E-state index contributed by atoms with van der Waals surface area (Å²) in [5.41, 5.74) is 0. The summed E-state index contributed by atoms with van der Waals surface area (Å²) >= 11 is 0. The lowest BCUT2D eigenvalue weighted by atomic mass is 10.1. The molecule has 0 unspecified atom stereocenters. The van der Waals surface area contributed by atoms with E-state index in [1.54, 1.807) is 0 Å². The fraction of sp³-hybridized carbons (Fsp3) is 0.722. The van der Waals surface area contributed by atoms with Gasteiger partial charge in [0.1, 0.15) is 0 Å². The van der Waals surface area contributed by atoms with Crippen molar-refractivity contribution in [1.29, 1.82) is 0 Å². The van der Waals surface area contributed by atoms with Crippen molar-refractivity contribution in [3.05, 3.63) is 24.3 Å². The highest BCUT2D eigenvalue weighted by atomic mass is 16.4. The quantitative estimate of drug-likeness (QED) is 0.318. The van der Waals surface area contributed by atoms with Gasteiger partial charge in [-0.2, -0.15) is 0 Å². The van der Waals surface area contributed by atoms with Gasteiger partial charge in [0, 0.05) is 6.42 Å². The molecule has 0 heterocycles. The number of allylic oxidation sites excluding steroid dienone is 4. The standard InChI is InChI=1S/C18H32O2/c1-2-3-4-5-6-7-8-9-10-11-12-13-14-15-16-17-18(19)20/h7-8,12-13H,2-6,9-11,14-17H2,1H3,(H,19,20)/b8-7+,13-12+. The van der Waals surface area contributed by atoms with E-state index in [1.807, 2.05) is 0 Å². The van der Waals surface area contributed by atoms with Crippen molar-refractivity contribution >= 4 is 5.97 Å². The van der Waals surface area contributed by atoms with Crippen LogP contribution in [0.15, 0.2) is 24.3 Å². The van der Waals surface area contributed by atoms with Crippen LogP contribution in [0.1, 0.15) is 84.0 Å². The zero-order valence-electron chi connectivity index (χ0n) is 13.2. The van der Waals surface area contributed by atoms with Crippen LogP contribution in [-0.4, -0.2) is 11.1 Å². The molecule has 20 heavy (non-hydrogen) atoms. The summed E-state index contributed by atoms with van der Waals surface area (Å²) in [7, 11) is 0. The van der Waals surface area contributed by atoms with Gasteiger partial charge in [-0.3, -0.25) is 4.79 Å². The van der Waals surface area contributed by atoms with Gasteiger partial charge in [0.2, 0.25) is 0 Å². The van der Waals surface area contributed by atoms with Crippen molar-refractivity contribution in [2.45, 2.75) is 84.0 Å². The van der Waals surface area contributed by atoms with Gasteiger partial charge in [-0.05, 0) is 51.4 Å². The Labute approximate surface area is 125 Å². The molecule has 0 spiro atoms. The SMILES string of the molecule is CCCCCC/C=C/CCC/C=C/CCCCC(=O)O. The first-order valence-corrected chi connectivity index (χ1v) is 8.29. The van der Waals surface area contributed by atoms with Crippen molar-refractivity contribution in [2.24, 2.45) is 0 Å². The average molecular weight is 280 g/mol. The number of carboxylic acids is 1. The second kappa shape index (κ2) is 16.0.